The van der Waals surface area contributed by atoms with Crippen LogP contribution in [0, 0.1) is 0 Å². The minimum absolute atomic E-state index is 0.116. The van der Waals surface area contributed by atoms with Gasteiger partial charge in [-0.25, -0.2) is 9.78 Å². The summed E-state index contributed by atoms with van der Waals surface area (Å²) in [6.45, 7) is 6.27. The molecule has 2 N–H and O–H groups in total. The van der Waals surface area contributed by atoms with Gasteiger partial charge in [-0.2, -0.15) is 0 Å². The molecule has 0 aliphatic carbocycles. The molecule has 0 fully saturated rings. The van der Waals surface area contributed by atoms with Crippen molar-refractivity contribution in [3.63, 3.8) is 0 Å². The average Bonchev–Trinajstić information content (AvgIpc) is 3.18. The Morgan fingerprint density at radius 1 is 1.24 bits per heavy atom. The second kappa shape index (κ2) is 7.61. The number of carbonyl (C=O) groups is 1. The number of carbonyl (C=O) groups excluding carboxylic acids is 1. The number of ether oxygens (including phenoxy) is 1. The molecule has 7 nitrogen and oxygen atoms in total. The first-order chi connectivity index (χ1) is 15.8. The van der Waals surface area contributed by atoms with E-state index < -0.39 is 19.6 Å². The smallest absolute Gasteiger partial charge is 0.343 e. The molecule has 4 heterocycles. The lowest BCUT2D eigenvalue weighted by Gasteiger charge is -2.31. The van der Waals surface area contributed by atoms with Crippen molar-refractivity contribution < 1.29 is 19.7 Å². The van der Waals surface area contributed by atoms with E-state index in [9.17, 15) is 19.8 Å². The van der Waals surface area contributed by atoms with Crippen LogP contribution in [0.4, 0.5) is 0 Å². The summed E-state index contributed by atoms with van der Waals surface area (Å²) in [6.07, 6.45) is 1.30. The minimum atomic E-state index is -2.08. The van der Waals surface area contributed by atoms with Crippen LogP contribution in [-0.4, -0.2) is 40.0 Å². The highest BCUT2D eigenvalue weighted by molar-refractivity contribution is 6.92. The lowest BCUT2D eigenvalue weighted by Crippen LogP contribution is -2.48. The highest BCUT2D eigenvalue weighted by atomic mass is 28.3. The molecular formula is C25H28N2O5Si. The van der Waals surface area contributed by atoms with E-state index in [1.807, 2.05) is 12.1 Å². The molecule has 0 radical (unpaired) electrons. The Labute approximate surface area is 192 Å². The van der Waals surface area contributed by atoms with Crippen molar-refractivity contribution in [2.45, 2.75) is 58.0 Å². The maximum atomic E-state index is 13.3. The van der Waals surface area contributed by atoms with E-state index in [4.69, 9.17) is 9.72 Å². The molecule has 2 aliphatic heterocycles. The fourth-order valence-corrected chi connectivity index (χ4v) is 8.43. The molecule has 2 aliphatic rings. The summed E-state index contributed by atoms with van der Waals surface area (Å²) >= 11 is 0. The van der Waals surface area contributed by atoms with Gasteiger partial charge >= 0.3 is 5.97 Å². The normalized spacial score (nSPS) is 20.7. The number of aromatic nitrogens is 2. The molecule has 0 amide bonds. The van der Waals surface area contributed by atoms with E-state index in [2.05, 4.69) is 25.6 Å². The summed E-state index contributed by atoms with van der Waals surface area (Å²) in [4.78, 5) is 30.6. The molecule has 3 aromatic rings. The van der Waals surface area contributed by atoms with Crippen molar-refractivity contribution in [3.05, 3.63) is 57.4 Å². The summed E-state index contributed by atoms with van der Waals surface area (Å²) in [5, 5.41) is 23.5. The first-order valence-electron chi connectivity index (χ1n) is 11.5. The Hall–Kier alpha value is -2.81. The second-order valence-electron chi connectivity index (χ2n) is 9.44. The Morgan fingerprint density at radius 2 is 2.03 bits per heavy atom. The van der Waals surface area contributed by atoms with Crippen LogP contribution in [-0.2, 0) is 28.3 Å². The predicted octanol–water partition coefficient (Wildman–Crippen LogP) is 2.31. The molecule has 0 spiro atoms. The molecule has 0 saturated heterocycles. The van der Waals surface area contributed by atoms with Gasteiger partial charge in [0, 0.05) is 17.4 Å². The highest BCUT2D eigenvalue weighted by Crippen LogP contribution is 2.38. The quantitative estimate of drug-likeness (QED) is 0.347. The Morgan fingerprint density at radius 3 is 2.73 bits per heavy atom. The topological polar surface area (TPSA) is 102 Å². The first kappa shape index (κ1) is 22.0. The zero-order valence-electron chi connectivity index (χ0n) is 19.1. The number of benzene rings is 1. The van der Waals surface area contributed by atoms with E-state index in [0.717, 1.165) is 28.9 Å². The first-order valence-corrected chi connectivity index (χ1v) is 14.4. The van der Waals surface area contributed by atoms with Crippen molar-refractivity contribution in [1.29, 1.82) is 0 Å². The van der Waals surface area contributed by atoms with E-state index in [1.165, 1.54) is 5.19 Å². The van der Waals surface area contributed by atoms with Crippen LogP contribution in [0.5, 0.6) is 0 Å². The van der Waals surface area contributed by atoms with E-state index in [-0.39, 0.29) is 24.8 Å². The fourth-order valence-electron chi connectivity index (χ4n) is 5.38. The molecular weight excluding hydrogens is 436 g/mol. The Kier molecular flexibility index (Phi) is 5.08. The number of hydrogen-bond acceptors (Lipinski definition) is 6. The lowest BCUT2D eigenvalue weighted by atomic mass is 9.86. The van der Waals surface area contributed by atoms with Crippen molar-refractivity contribution >= 4 is 30.1 Å². The van der Waals surface area contributed by atoms with Crippen molar-refractivity contribution in [1.82, 2.24) is 9.55 Å². The van der Waals surface area contributed by atoms with Gasteiger partial charge < -0.3 is 19.5 Å². The Balaban J connectivity index is 1.73. The minimum Gasteiger partial charge on any atom is -0.458 e. The highest BCUT2D eigenvalue weighted by Gasteiger charge is 2.45. The van der Waals surface area contributed by atoms with Gasteiger partial charge in [0.15, 0.2) is 5.60 Å². The van der Waals surface area contributed by atoms with E-state index in [0.29, 0.717) is 29.1 Å². The molecule has 0 bridgehead atoms. The van der Waals surface area contributed by atoms with Gasteiger partial charge in [-0.1, -0.05) is 45.0 Å². The number of fused-ring (bicyclic) bond motifs is 5. The van der Waals surface area contributed by atoms with Gasteiger partial charge in [-0.15, -0.1) is 0 Å². The third kappa shape index (κ3) is 3.04. The van der Waals surface area contributed by atoms with Crippen LogP contribution in [0.2, 0.25) is 12.6 Å². The number of aliphatic hydroxyl groups is 2. The zero-order chi connectivity index (χ0) is 23.5. The van der Waals surface area contributed by atoms with E-state index >= 15 is 0 Å². The van der Waals surface area contributed by atoms with Crippen LogP contribution in [0.15, 0.2) is 35.1 Å². The number of pyridine rings is 2. The van der Waals surface area contributed by atoms with Gasteiger partial charge in [0.2, 0.25) is 0 Å². The summed E-state index contributed by atoms with van der Waals surface area (Å²) in [6, 6.07) is 10.9. The molecule has 172 valence electrons. The summed E-state index contributed by atoms with van der Waals surface area (Å²) < 4.78 is 6.79. The second-order valence-corrected chi connectivity index (χ2v) is 13.9. The van der Waals surface area contributed by atoms with Crippen LogP contribution >= 0.6 is 0 Å². The van der Waals surface area contributed by atoms with Gasteiger partial charge in [0.1, 0.15) is 14.7 Å². The molecule has 8 heteroatoms. The molecule has 2 atom stereocenters. The lowest BCUT2D eigenvalue weighted by molar-refractivity contribution is -0.172. The number of aliphatic hydroxyl groups excluding tert-OH is 1. The van der Waals surface area contributed by atoms with Crippen molar-refractivity contribution in [3.8, 4) is 11.4 Å². The number of cyclic esters (lactones) is 1. The molecule has 2 aromatic heterocycles. The molecule has 1 aromatic carbocycles. The molecule has 1 unspecified atom stereocenters. The maximum Gasteiger partial charge on any atom is 0.343 e. The van der Waals surface area contributed by atoms with Crippen molar-refractivity contribution in [2.75, 3.05) is 6.23 Å². The zero-order valence-corrected chi connectivity index (χ0v) is 20.1. The molecule has 0 saturated carbocycles. The standard InChI is InChI=1S/C25H28N2O5Si/c1-4-9-33(3,14-28)21-8-6-7-19-16(21)10-15-12-27-20(22(15)26-19)11-18-17(23(27)29)13-32-24(30)25(18,31)5-2/h6-8,10-11,28,31H,4-5,9,12-14H2,1-3H3/t25-,33?/m0/s1. The summed E-state index contributed by atoms with van der Waals surface area (Å²) in [5.74, 6) is -0.722. The van der Waals surface area contributed by atoms with Crippen LogP contribution in [0.1, 0.15) is 43.4 Å². The third-order valence-corrected chi connectivity index (χ3v) is 11.4. The fraction of sp³-hybridized carbons (Fsp3) is 0.400. The summed E-state index contributed by atoms with van der Waals surface area (Å²) in [5.41, 5.74) is 1.60. The molecule has 5 rings (SSSR count). The number of nitrogens with zero attached hydrogens (tertiary/aromatic N) is 2. The Bertz CT molecular complexity index is 1370. The van der Waals surface area contributed by atoms with Gasteiger partial charge in [-0.3, -0.25) is 4.79 Å². The number of esters is 1. The maximum absolute atomic E-state index is 13.3. The van der Waals surface area contributed by atoms with Gasteiger partial charge in [0.25, 0.3) is 5.56 Å². The van der Waals surface area contributed by atoms with Crippen LogP contribution in [0.25, 0.3) is 22.3 Å². The SMILES string of the molecule is CCC[Si](C)(CO)c1cccc2nc3c(cc12)Cn1c-3cc2c(c1=O)COC(=O)[C@]2(O)CC. The molecule has 33 heavy (non-hydrogen) atoms. The third-order valence-electron chi connectivity index (χ3n) is 7.35. The van der Waals surface area contributed by atoms with Crippen LogP contribution in [0.3, 0.4) is 0 Å². The van der Waals surface area contributed by atoms with Crippen LogP contribution < -0.4 is 10.7 Å². The van der Waals surface area contributed by atoms with Gasteiger partial charge in [-0.05, 0) is 35.2 Å². The van der Waals surface area contributed by atoms with E-state index in [1.54, 1.807) is 17.6 Å². The summed E-state index contributed by atoms with van der Waals surface area (Å²) in [7, 11) is -2.08. The monoisotopic (exact) mass is 464 g/mol. The number of hydrogen-bond donors (Lipinski definition) is 2. The average molecular weight is 465 g/mol. The number of rotatable bonds is 5. The largest absolute Gasteiger partial charge is 0.458 e. The van der Waals surface area contributed by atoms with Gasteiger partial charge in [0.05, 0.1) is 29.0 Å². The predicted molar refractivity (Wildman–Crippen MR) is 128 cm³/mol. The van der Waals surface area contributed by atoms with Crippen molar-refractivity contribution in [2.24, 2.45) is 0 Å².